The van der Waals surface area contributed by atoms with Crippen molar-refractivity contribution in [3.05, 3.63) is 82.9 Å². The number of anilines is 1. The van der Waals surface area contributed by atoms with Gasteiger partial charge < -0.3 is 14.8 Å². The van der Waals surface area contributed by atoms with E-state index in [1.807, 2.05) is 54.7 Å². The molecule has 1 amide bonds. The summed E-state index contributed by atoms with van der Waals surface area (Å²) in [5.74, 6) is -0.0538. The number of carbonyl (C=O) groups excluding carboxylic acids is 1. The molecule has 148 valence electrons. The Kier molecular flexibility index (Phi) is 6.88. The monoisotopic (exact) mass is 407 g/mol. The second kappa shape index (κ2) is 9.76. The van der Waals surface area contributed by atoms with Crippen molar-refractivity contribution in [2.75, 3.05) is 18.0 Å². The molecule has 1 N–H and O–H groups in total. The summed E-state index contributed by atoms with van der Waals surface area (Å²) in [6, 6.07) is 17.3. The summed E-state index contributed by atoms with van der Waals surface area (Å²) in [5, 5.41) is 12.5. The summed E-state index contributed by atoms with van der Waals surface area (Å²) in [4.78, 5) is 17.7. The van der Waals surface area contributed by atoms with Gasteiger partial charge in [-0.05, 0) is 35.9 Å². The van der Waals surface area contributed by atoms with Gasteiger partial charge in [0.2, 0.25) is 5.91 Å². The number of nitrogens with zero attached hydrogens (tertiary/aromatic N) is 4. The van der Waals surface area contributed by atoms with Crippen LogP contribution in [0, 0.1) is 11.3 Å². The average Bonchev–Trinajstić information content (AvgIpc) is 3.14. The number of nitriles is 1. The third-order valence-corrected chi connectivity index (χ3v) is 4.75. The molecule has 6 nitrogen and oxygen atoms in total. The minimum Gasteiger partial charge on any atom is -0.364 e. The highest BCUT2D eigenvalue weighted by Crippen LogP contribution is 2.21. The molecule has 0 bridgehead atoms. The average molecular weight is 408 g/mol. The second-order valence-electron chi connectivity index (χ2n) is 6.71. The van der Waals surface area contributed by atoms with Crippen LogP contribution in [0.4, 0.5) is 5.69 Å². The number of carbonyl (C=O) groups is 1. The van der Waals surface area contributed by atoms with Gasteiger partial charge in [0.25, 0.3) is 0 Å². The Balaban J connectivity index is 1.77. The molecule has 0 spiro atoms. The van der Waals surface area contributed by atoms with Crippen molar-refractivity contribution < 1.29 is 4.79 Å². The van der Waals surface area contributed by atoms with Gasteiger partial charge in [-0.1, -0.05) is 29.8 Å². The Hall–Kier alpha value is -3.30. The molecular weight excluding hydrogens is 386 g/mol. The van der Waals surface area contributed by atoms with Crippen molar-refractivity contribution in [3.8, 4) is 6.07 Å². The van der Waals surface area contributed by atoms with Crippen LogP contribution in [0.3, 0.4) is 0 Å². The van der Waals surface area contributed by atoms with Crippen LogP contribution in [0.15, 0.2) is 61.1 Å². The number of hydrogen-bond acceptors (Lipinski definition) is 4. The zero-order chi connectivity index (χ0) is 20.6. The normalized spacial score (nSPS) is 10.4. The van der Waals surface area contributed by atoms with E-state index in [1.165, 1.54) is 6.92 Å². The lowest BCUT2D eigenvalue weighted by atomic mass is 10.1. The van der Waals surface area contributed by atoms with Gasteiger partial charge in [-0.15, -0.1) is 0 Å². The Bertz CT molecular complexity index is 1010. The zero-order valence-electron chi connectivity index (χ0n) is 16.2. The standard InChI is InChI=1S/C22H22ClN5O/c1-17(29)26-9-10-27(21-4-2-3-20(23)11-21)15-22-13-25-16-28(22)14-19-7-5-18(12-24)6-8-19/h2-8,11,13,16H,9-10,14-15H2,1H3,(H,26,29). The smallest absolute Gasteiger partial charge is 0.216 e. The van der Waals surface area contributed by atoms with Crippen molar-refractivity contribution in [2.45, 2.75) is 20.0 Å². The quantitative estimate of drug-likeness (QED) is 0.619. The van der Waals surface area contributed by atoms with Gasteiger partial charge in [0, 0.05) is 43.5 Å². The third-order valence-electron chi connectivity index (χ3n) is 4.52. The molecule has 3 aromatic rings. The van der Waals surface area contributed by atoms with Crippen LogP contribution in [0.2, 0.25) is 5.02 Å². The Labute approximate surface area is 175 Å². The van der Waals surface area contributed by atoms with Gasteiger partial charge >= 0.3 is 0 Å². The van der Waals surface area contributed by atoms with Gasteiger partial charge in [0.1, 0.15) is 0 Å². The lowest BCUT2D eigenvalue weighted by Gasteiger charge is -2.25. The molecule has 7 heteroatoms. The number of benzene rings is 2. The van der Waals surface area contributed by atoms with E-state index in [9.17, 15) is 4.79 Å². The fourth-order valence-corrected chi connectivity index (χ4v) is 3.22. The molecule has 0 aliphatic carbocycles. The van der Waals surface area contributed by atoms with E-state index in [1.54, 1.807) is 6.33 Å². The summed E-state index contributed by atoms with van der Waals surface area (Å²) in [6.45, 7) is 3.97. The van der Waals surface area contributed by atoms with E-state index in [0.29, 0.717) is 36.8 Å². The first kappa shape index (κ1) is 20.4. The Morgan fingerprint density at radius 1 is 1.28 bits per heavy atom. The minimum atomic E-state index is -0.0538. The van der Waals surface area contributed by atoms with Gasteiger partial charge in [-0.25, -0.2) is 4.98 Å². The molecule has 0 unspecified atom stereocenters. The zero-order valence-corrected chi connectivity index (χ0v) is 16.9. The molecule has 1 aromatic heterocycles. The molecule has 29 heavy (non-hydrogen) atoms. The number of aromatic nitrogens is 2. The number of halogens is 1. The van der Waals surface area contributed by atoms with E-state index < -0.39 is 0 Å². The summed E-state index contributed by atoms with van der Waals surface area (Å²) in [5.41, 5.74) is 3.76. The number of amides is 1. The highest BCUT2D eigenvalue weighted by Gasteiger charge is 2.12. The molecule has 2 aromatic carbocycles. The first-order valence-electron chi connectivity index (χ1n) is 9.28. The van der Waals surface area contributed by atoms with Crippen molar-refractivity contribution in [1.29, 1.82) is 5.26 Å². The van der Waals surface area contributed by atoms with Crippen LogP contribution in [-0.2, 0) is 17.9 Å². The van der Waals surface area contributed by atoms with Crippen LogP contribution < -0.4 is 10.2 Å². The number of hydrogen-bond donors (Lipinski definition) is 1. The van der Waals surface area contributed by atoms with E-state index in [4.69, 9.17) is 16.9 Å². The minimum absolute atomic E-state index is 0.0538. The molecule has 0 fully saturated rings. The molecule has 1 heterocycles. The van der Waals surface area contributed by atoms with Crippen molar-refractivity contribution in [3.63, 3.8) is 0 Å². The van der Waals surface area contributed by atoms with Crippen LogP contribution >= 0.6 is 11.6 Å². The maximum Gasteiger partial charge on any atom is 0.216 e. The summed E-state index contributed by atoms with van der Waals surface area (Å²) >= 11 is 6.18. The Morgan fingerprint density at radius 3 is 2.76 bits per heavy atom. The molecule has 0 atom stereocenters. The number of nitrogens with one attached hydrogen (secondary N) is 1. The molecule has 0 saturated carbocycles. The highest BCUT2D eigenvalue weighted by atomic mass is 35.5. The van der Waals surface area contributed by atoms with Gasteiger partial charge in [-0.2, -0.15) is 5.26 Å². The van der Waals surface area contributed by atoms with Crippen molar-refractivity contribution in [1.82, 2.24) is 14.9 Å². The van der Waals surface area contributed by atoms with Gasteiger partial charge in [0.05, 0.1) is 30.2 Å². The van der Waals surface area contributed by atoms with Crippen LogP contribution in [0.1, 0.15) is 23.7 Å². The summed E-state index contributed by atoms with van der Waals surface area (Å²) in [7, 11) is 0. The number of imidazole rings is 1. The molecule has 3 rings (SSSR count). The van der Waals surface area contributed by atoms with Gasteiger partial charge in [-0.3, -0.25) is 4.79 Å². The predicted octanol–water partition coefficient (Wildman–Crippen LogP) is 3.60. The van der Waals surface area contributed by atoms with Gasteiger partial charge in [0.15, 0.2) is 0 Å². The molecular formula is C22H22ClN5O. The van der Waals surface area contributed by atoms with E-state index in [2.05, 4.69) is 25.8 Å². The van der Waals surface area contributed by atoms with E-state index in [0.717, 1.165) is 16.9 Å². The Morgan fingerprint density at radius 2 is 2.07 bits per heavy atom. The largest absolute Gasteiger partial charge is 0.364 e. The van der Waals surface area contributed by atoms with E-state index in [-0.39, 0.29) is 5.91 Å². The van der Waals surface area contributed by atoms with Crippen LogP contribution in [-0.4, -0.2) is 28.5 Å². The molecule has 0 saturated heterocycles. The van der Waals surface area contributed by atoms with Crippen molar-refractivity contribution in [2.24, 2.45) is 0 Å². The lowest BCUT2D eigenvalue weighted by Crippen LogP contribution is -2.34. The lowest BCUT2D eigenvalue weighted by molar-refractivity contribution is -0.118. The third kappa shape index (κ3) is 5.84. The van der Waals surface area contributed by atoms with Crippen LogP contribution in [0.25, 0.3) is 0 Å². The molecule has 0 aliphatic rings. The van der Waals surface area contributed by atoms with Crippen LogP contribution in [0.5, 0.6) is 0 Å². The maximum absolute atomic E-state index is 11.3. The SMILES string of the molecule is CC(=O)NCCN(Cc1cncn1Cc1ccc(C#N)cc1)c1cccc(Cl)c1. The molecule has 0 aliphatic heterocycles. The number of rotatable bonds is 8. The summed E-state index contributed by atoms with van der Waals surface area (Å²) < 4.78 is 2.08. The van der Waals surface area contributed by atoms with Crippen molar-refractivity contribution >= 4 is 23.2 Å². The second-order valence-corrected chi connectivity index (χ2v) is 7.14. The first-order chi connectivity index (χ1) is 14.0. The topological polar surface area (TPSA) is 74.0 Å². The summed E-state index contributed by atoms with van der Waals surface area (Å²) in [6.07, 6.45) is 3.65. The molecule has 0 radical (unpaired) electrons. The highest BCUT2D eigenvalue weighted by molar-refractivity contribution is 6.30. The fraction of sp³-hybridized carbons (Fsp3) is 0.227. The van der Waals surface area contributed by atoms with E-state index >= 15 is 0 Å². The maximum atomic E-state index is 11.3. The first-order valence-corrected chi connectivity index (χ1v) is 9.66. The predicted molar refractivity (Wildman–Crippen MR) is 114 cm³/mol. The fourth-order valence-electron chi connectivity index (χ4n) is 3.04.